The van der Waals surface area contributed by atoms with Crippen LogP contribution in [0, 0.1) is 0 Å². The predicted octanol–water partition coefficient (Wildman–Crippen LogP) is 0.774. The van der Waals surface area contributed by atoms with Crippen LogP contribution in [0.1, 0.15) is 18.3 Å². The Hall–Kier alpha value is -1.62. The first kappa shape index (κ1) is 10.9. The molecule has 2 heterocycles. The zero-order valence-corrected chi connectivity index (χ0v) is 9.72. The smallest absolute Gasteiger partial charge is 0.0953 e. The standard InChI is InChI=1S/C11H17N5/c1-3-12-4-10-6-16(9-14-10)7-11-5-13-8-15(11)2/h5-6,8-9,12H,3-4,7H2,1-2H3. The lowest BCUT2D eigenvalue weighted by atomic mass is 10.4. The molecule has 0 aromatic carbocycles. The summed E-state index contributed by atoms with van der Waals surface area (Å²) in [7, 11) is 2.00. The van der Waals surface area contributed by atoms with Gasteiger partial charge in [0.05, 0.1) is 30.6 Å². The van der Waals surface area contributed by atoms with Crippen LogP contribution in [-0.4, -0.2) is 25.6 Å². The summed E-state index contributed by atoms with van der Waals surface area (Å²) in [5.74, 6) is 0. The Balaban J connectivity index is 2.00. The number of rotatable bonds is 5. The van der Waals surface area contributed by atoms with Gasteiger partial charge in [0.15, 0.2) is 0 Å². The van der Waals surface area contributed by atoms with E-state index in [1.807, 2.05) is 30.5 Å². The number of aromatic nitrogens is 4. The maximum absolute atomic E-state index is 4.33. The normalized spacial score (nSPS) is 10.9. The molecule has 0 radical (unpaired) electrons. The predicted molar refractivity (Wildman–Crippen MR) is 61.9 cm³/mol. The average Bonchev–Trinajstić information content (AvgIpc) is 2.87. The molecular weight excluding hydrogens is 202 g/mol. The van der Waals surface area contributed by atoms with E-state index in [0.717, 1.165) is 25.3 Å². The molecule has 0 saturated carbocycles. The summed E-state index contributed by atoms with van der Waals surface area (Å²) in [4.78, 5) is 8.43. The van der Waals surface area contributed by atoms with E-state index in [2.05, 4.69) is 33.0 Å². The van der Waals surface area contributed by atoms with Gasteiger partial charge in [0.1, 0.15) is 0 Å². The van der Waals surface area contributed by atoms with E-state index in [1.165, 1.54) is 5.69 Å². The second-order valence-corrected chi connectivity index (χ2v) is 3.81. The highest BCUT2D eigenvalue weighted by atomic mass is 15.1. The van der Waals surface area contributed by atoms with Gasteiger partial charge in [-0.2, -0.15) is 0 Å². The molecule has 0 spiro atoms. The minimum atomic E-state index is 0.815. The van der Waals surface area contributed by atoms with Crippen LogP contribution in [0.15, 0.2) is 25.0 Å². The first-order chi connectivity index (χ1) is 7.79. The molecule has 2 rings (SSSR count). The molecule has 5 nitrogen and oxygen atoms in total. The third-order valence-corrected chi connectivity index (χ3v) is 2.50. The molecule has 86 valence electrons. The monoisotopic (exact) mass is 219 g/mol. The summed E-state index contributed by atoms with van der Waals surface area (Å²) in [5, 5.41) is 3.25. The molecule has 2 aromatic heterocycles. The molecule has 0 aliphatic heterocycles. The third kappa shape index (κ3) is 2.49. The number of hydrogen-bond donors (Lipinski definition) is 1. The summed E-state index contributed by atoms with van der Waals surface area (Å²) in [6.45, 7) is 4.70. The van der Waals surface area contributed by atoms with Crippen LogP contribution >= 0.6 is 0 Å². The fraction of sp³-hybridized carbons (Fsp3) is 0.455. The van der Waals surface area contributed by atoms with Gasteiger partial charge in [-0.05, 0) is 6.54 Å². The highest BCUT2D eigenvalue weighted by Gasteiger charge is 2.01. The van der Waals surface area contributed by atoms with Crippen molar-refractivity contribution in [3.8, 4) is 0 Å². The summed E-state index contributed by atoms with van der Waals surface area (Å²) in [6, 6.07) is 0. The van der Waals surface area contributed by atoms with Crippen LogP contribution in [0.3, 0.4) is 0 Å². The first-order valence-electron chi connectivity index (χ1n) is 5.46. The van der Waals surface area contributed by atoms with Gasteiger partial charge in [-0.3, -0.25) is 0 Å². The molecule has 1 N–H and O–H groups in total. The Morgan fingerprint density at radius 3 is 2.94 bits per heavy atom. The van der Waals surface area contributed by atoms with Crippen molar-refractivity contribution in [1.82, 2.24) is 24.4 Å². The molecule has 0 fully saturated rings. The van der Waals surface area contributed by atoms with Crippen molar-refractivity contribution < 1.29 is 0 Å². The van der Waals surface area contributed by atoms with Gasteiger partial charge >= 0.3 is 0 Å². The van der Waals surface area contributed by atoms with Crippen molar-refractivity contribution in [2.45, 2.75) is 20.0 Å². The fourth-order valence-electron chi connectivity index (χ4n) is 1.56. The molecule has 0 atom stereocenters. The second kappa shape index (κ2) is 4.94. The van der Waals surface area contributed by atoms with E-state index < -0.39 is 0 Å². The molecule has 16 heavy (non-hydrogen) atoms. The Morgan fingerprint density at radius 1 is 1.38 bits per heavy atom. The molecule has 0 saturated heterocycles. The lowest BCUT2D eigenvalue weighted by Gasteiger charge is -2.02. The SMILES string of the molecule is CCNCc1cn(Cc2cncn2C)cn1. The van der Waals surface area contributed by atoms with E-state index >= 15 is 0 Å². The number of hydrogen-bond acceptors (Lipinski definition) is 3. The van der Waals surface area contributed by atoms with Gasteiger partial charge in [-0.25, -0.2) is 9.97 Å². The topological polar surface area (TPSA) is 47.7 Å². The van der Waals surface area contributed by atoms with Crippen LogP contribution < -0.4 is 5.32 Å². The van der Waals surface area contributed by atoms with E-state index in [-0.39, 0.29) is 0 Å². The summed E-state index contributed by atoms with van der Waals surface area (Å²) in [6.07, 6.45) is 7.62. The van der Waals surface area contributed by atoms with Crippen molar-refractivity contribution in [1.29, 1.82) is 0 Å². The van der Waals surface area contributed by atoms with Gasteiger partial charge in [0, 0.05) is 26.0 Å². The lowest BCUT2D eigenvalue weighted by Crippen LogP contribution is -2.11. The summed E-state index contributed by atoms with van der Waals surface area (Å²) in [5.41, 5.74) is 2.25. The first-order valence-corrected chi connectivity index (χ1v) is 5.46. The zero-order chi connectivity index (χ0) is 11.4. The van der Waals surface area contributed by atoms with E-state index in [0.29, 0.717) is 0 Å². The van der Waals surface area contributed by atoms with E-state index in [9.17, 15) is 0 Å². The zero-order valence-electron chi connectivity index (χ0n) is 9.72. The molecule has 0 aliphatic carbocycles. The number of imidazole rings is 2. The number of aryl methyl sites for hydroxylation is 1. The van der Waals surface area contributed by atoms with Crippen molar-refractivity contribution in [3.63, 3.8) is 0 Å². The number of nitrogens with one attached hydrogen (secondary N) is 1. The summed E-state index contributed by atoms with van der Waals surface area (Å²) >= 11 is 0. The molecule has 5 heteroatoms. The van der Waals surface area contributed by atoms with Crippen molar-refractivity contribution in [2.24, 2.45) is 7.05 Å². The van der Waals surface area contributed by atoms with Gasteiger partial charge in [-0.1, -0.05) is 6.92 Å². The van der Waals surface area contributed by atoms with Crippen LogP contribution in [0.4, 0.5) is 0 Å². The average molecular weight is 219 g/mol. The molecule has 0 unspecified atom stereocenters. The highest BCUT2D eigenvalue weighted by molar-refractivity contribution is 5.02. The Bertz CT molecular complexity index is 443. The van der Waals surface area contributed by atoms with E-state index in [1.54, 1.807) is 0 Å². The van der Waals surface area contributed by atoms with Crippen molar-refractivity contribution in [2.75, 3.05) is 6.54 Å². The van der Waals surface area contributed by atoms with Gasteiger partial charge in [-0.15, -0.1) is 0 Å². The quantitative estimate of drug-likeness (QED) is 0.808. The Morgan fingerprint density at radius 2 is 2.25 bits per heavy atom. The number of nitrogens with zero attached hydrogens (tertiary/aromatic N) is 4. The minimum absolute atomic E-state index is 0.815. The maximum Gasteiger partial charge on any atom is 0.0953 e. The largest absolute Gasteiger partial charge is 0.336 e. The molecule has 0 aliphatic rings. The fourth-order valence-corrected chi connectivity index (χ4v) is 1.56. The maximum atomic E-state index is 4.33. The van der Waals surface area contributed by atoms with Gasteiger partial charge in [0.25, 0.3) is 0 Å². The highest BCUT2D eigenvalue weighted by Crippen LogP contribution is 2.02. The third-order valence-electron chi connectivity index (χ3n) is 2.50. The Labute approximate surface area is 95.1 Å². The van der Waals surface area contributed by atoms with Crippen LogP contribution in [-0.2, 0) is 20.1 Å². The minimum Gasteiger partial charge on any atom is -0.336 e. The van der Waals surface area contributed by atoms with Crippen LogP contribution in [0.5, 0.6) is 0 Å². The second-order valence-electron chi connectivity index (χ2n) is 3.81. The molecule has 0 bridgehead atoms. The lowest BCUT2D eigenvalue weighted by molar-refractivity contribution is 0.706. The summed E-state index contributed by atoms with van der Waals surface area (Å²) < 4.78 is 4.09. The van der Waals surface area contributed by atoms with E-state index in [4.69, 9.17) is 0 Å². The van der Waals surface area contributed by atoms with Gasteiger partial charge < -0.3 is 14.5 Å². The molecule has 0 amide bonds. The van der Waals surface area contributed by atoms with Crippen molar-refractivity contribution in [3.05, 3.63) is 36.4 Å². The molecular formula is C11H17N5. The van der Waals surface area contributed by atoms with Crippen LogP contribution in [0.25, 0.3) is 0 Å². The van der Waals surface area contributed by atoms with Crippen molar-refractivity contribution >= 4 is 0 Å². The van der Waals surface area contributed by atoms with Crippen LogP contribution in [0.2, 0.25) is 0 Å². The Kier molecular flexibility index (Phi) is 3.36. The molecule has 2 aromatic rings. The van der Waals surface area contributed by atoms with Gasteiger partial charge in [0.2, 0.25) is 0 Å².